The third-order valence-corrected chi connectivity index (χ3v) is 5.44. The van der Waals surface area contributed by atoms with Crippen molar-refractivity contribution in [1.29, 1.82) is 0 Å². The largest absolute Gasteiger partial charge is 0.241 e. The molecule has 23 heavy (non-hydrogen) atoms. The van der Waals surface area contributed by atoms with E-state index in [1.54, 1.807) is 4.52 Å². The molecule has 1 N–H and O–H groups in total. The van der Waals surface area contributed by atoms with Gasteiger partial charge in [0.05, 0.1) is 22.7 Å². The Morgan fingerprint density at radius 1 is 1.09 bits per heavy atom. The number of hydrogen-bond donors (Lipinski definition) is 1. The molecule has 3 rings (SSSR count). The van der Waals surface area contributed by atoms with E-state index in [9.17, 15) is 8.42 Å². The van der Waals surface area contributed by atoms with E-state index in [1.165, 1.54) is 0 Å². The van der Waals surface area contributed by atoms with Crippen LogP contribution >= 0.6 is 0 Å². The van der Waals surface area contributed by atoms with Gasteiger partial charge in [-0.15, -0.1) is 0 Å². The summed E-state index contributed by atoms with van der Waals surface area (Å²) in [6, 6.07) is 11.4. The van der Waals surface area contributed by atoms with Crippen LogP contribution in [0, 0.1) is 20.8 Å². The number of fused-ring (bicyclic) bond motifs is 1. The molecule has 0 atom stereocenters. The van der Waals surface area contributed by atoms with E-state index in [4.69, 9.17) is 0 Å². The van der Waals surface area contributed by atoms with Crippen molar-refractivity contribution in [2.24, 2.45) is 0 Å². The highest BCUT2D eigenvalue weighted by atomic mass is 32.2. The Kier molecular flexibility index (Phi) is 3.95. The summed E-state index contributed by atoms with van der Waals surface area (Å²) >= 11 is 0. The molecule has 0 aliphatic rings. The molecule has 0 aliphatic carbocycles. The molecule has 0 aliphatic heterocycles. The van der Waals surface area contributed by atoms with Gasteiger partial charge in [0.25, 0.3) is 0 Å². The lowest BCUT2D eigenvalue weighted by Gasteiger charge is -2.12. The van der Waals surface area contributed by atoms with Crippen molar-refractivity contribution in [1.82, 2.24) is 14.3 Å². The van der Waals surface area contributed by atoms with Crippen LogP contribution in [0.2, 0.25) is 0 Å². The van der Waals surface area contributed by atoms with Gasteiger partial charge in [-0.2, -0.15) is 5.10 Å². The quantitative estimate of drug-likeness (QED) is 0.800. The zero-order valence-corrected chi connectivity index (χ0v) is 14.2. The molecule has 120 valence electrons. The molecule has 6 heteroatoms. The Morgan fingerprint density at radius 3 is 2.43 bits per heavy atom. The molecule has 5 nitrogen and oxygen atoms in total. The molecule has 3 aromatic rings. The summed E-state index contributed by atoms with van der Waals surface area (Å²) in [5.74, 6) is 0. The van der Waals surface area contributed by atoms with E-state index in [0.29, 0.717) is 10.6 Å². The van der Waals surface area contributed by atoms with Gasteiger partial charge in [-0.25, -0.2) is 17.7 Å². The summed E-state index contributed by atoms with van der Waals surface area (Å²) < 4.78 is 29.6. The SMILES string of the molecule is Cc1cc(C)c(S(=O)(=O)NCc2cc3ccccn3n2)c(C)c1. The van der Waals surface area contributed by atoms with Crippen LogP contribution < -0.4 is 4.72 Å². The first-order valence-electron chi connectivity index (χ1n) is 7.37. The zero-order chi connectivity index (χ0) is 16.6. The molecule has 0 radical (unpaired) electrons. The Morgan fingerprint density at radius 2 is 1.78 bits per heavy atom. The molecule has 0 saturated carbocycles. The molecule has 0 unspecified atom stereocenters. The summed E-state index contributed by atoms with van der Waals surface area (Å²) in [5, 5.41) is 4.36. The van der Waals surface area contributed by atoms with E-state index < -0.39 is 10.0 Å². The van der Waals surface area contributed by atoms with Crippen molar-refractivity contribution in [3.8, 4) is 0 Å². The second kappa shape index (κ2) is 5.79. The van der Waals surface area contributed by atoms with Crippen LogP contribution in [0.3, 0.4) is 0 Å². The van der Waals surface area contributed by atoms with Gasteiger partial charge in [0.1, 0.15) is 0 Å². The average molecular weight is 329 g/mol. The topological polar surface area (TPSA) is 63.5 Å². The van der Waals surface area contributed by atoms with Crippen LogP contribution in [0.4, 0.5) is 0 Å². The van der Waals surface area contributed by atoms with Crippen LogP contribution in [0.1, 0.15) is 22.4 Å². The first kappa shape index (κ1) is 15.7. The fraction of sp³-hybridized carbons (Fsp3) is 0.235. The predicted molar refractivity (Wildman–Crippen MR) is 89.9 cm³/mol. The van der Waals surface area contributed by atoms with Crippen molar-refractivity contribution in [2.45, 2.75) is 32.2 Å². The van der Waals surface area contributed by atoms with Crippen LogP contribution in [0.15, 0.2) is 47.5 Å². The van der Waals surface area contributed by atoms with Crippen molar-refractivity contribution >= 4 is 15.5 Å². The fourth-order valence-corrected chi connectivity index (χ4v) is 4.36. The highest BCUT2D eigenvalue weighted by molar-refractivity contribution is 7.89. The second-order valence-electron chi connectivity index (χ2n) is 5.76. The van der Waals surface area contributed by atoms with Gasteiger partial charge in [-0.3, -0.25) is 0 Å². The molecular formula is C17H19N3O2S. The number of sulfonamides is 1. The number of hydrogen-bond acceptors (Lipinski definition) is 3. The lowest BCUT2D eigenvalue weighted by atomic mass is 10.1. The zero-order valence-electron chi connectivity index (χ0n) is 13.4. The lowest BCUT2D eigenvalue weighted by molar-refractivity contribution is 0.579. The molecule has 2 heterocycles. The highest BCUT2D eigenvalue weighted by Crippen LogP contribution is 2.21. The number of aromatic nitrogens is 2. The molecule has 0 spiro atoms. The molecule has 2 aromatic heterocycles. The smallest absolute Gasteiger partial charge is 0.241 e. The standard InChI is InChI=1S/C17H19N3O2S/c1-12-8-13(2)17(14(3)9-12)23(21,22)18-11-15-10-16-6-4-5-7-20(16)19-15/h4-10,18H,11H2,1-3H3. The summed E-state index contributed by atoms with van der Waals surface area (Å²) in [6.07, 6.45) is 1.83. The third kappa shape index (κ3) is 3.13. The van der Waals surface area contributed by atoms with Crippen molar-refractivity contribution in [3.05, 3.63) is 65.0 Å². The van der Waals surface area contributed by atoms with Crippen molar-refractivity contribution < 1.29 is 8.42 Å². The highest BCUT2D eigenvalue weighted by Gasteiger charge is 2.20. The van der Waals surface area contributed by atoms with E-state index in [0.717, 1.165) is 22.2 Å². The van der Waals surface area contributed by atoms with E-state index in [1.807, 2.05) is 63.4 Å². The van der Waals surface area contributed by atoms with Gasteiger partial charge in [-0.05, 0) is 50.1 Å². The average Bonchev–Trinajstić information content (AvgIpc) is 2.86. The fourth-order valence-electron chi connectivity index (χ4n) is 2.91. The number of pyridine rings is 1. The van der Waals surface area contributed by atoms with Crippen LogP contribution in [0.5, 0.6) is 0 Å². The summed E-state index contributed by atoms with van der Waals surface area (Å²) in [4.78, 5) is 0.354. The summed E-state index contributed by atoms with van der Waals surface area (Å²) in [6.45, 7) is 5.76. The van der Waals surface area contributed by atoms with E-state index >= 15 is 0 Å². The Labute approximate surface area is 136 Å². The summed E-state index contributed by atoms with van der Waals surface area (Å²) in [5.41, 5.74) is 4.18. The van der Waals surface area contributed by atoms with E-state index in [2.05, 4.69) is 9.82 Å². The minimum absolute atomic E-state index is 0.163. The molecular weight excluding hydrogens is 310 g/mol. The third-order valence-electron chi connectivity index (χ3n) is 3.74. The van der Waals surface area contributed by atoms with Gasteiger partial charge >= 0.3 is 0 Å². The van der Waals surface area contributed by atoms with Crippen LogP contribution in [-0.4, -0.2) is 18.0 Å². The minimum Gasteiger partial charge on any atom is -0.241 e. The summed E-state index contributed by atoms with van der Waals surface area (Å²) in [7, 11) is -3.57. The first-order valence-corrected chi connectivity index (χ1v) is 8.86. The van der Waals surface area contributed by atoms with E-state index in [-0.39, 0.29) is 6.54 Å². The number of benzene rings is 1. The first-order chi connectivity index (χ1) is 10.9. The number of rotatable bonds is 4. The van der Waals surface area contributed by atoms with Crippen LogP contribution in [0.25, 0.3) is 5.52 Å². The maximum absolute atomic E-state index is 12.6. The Bertz CT molecular complexity index is 918. The van der Waals surface area contributed by atoms with Gasteiger partial charge < -0.3 is 0 Å². The number of aryl methyl sites for hydroxylation is 3. The van der Waals surface area contributed by atoms with Gasteiger partial charge in [0.2, 0.25) is 10.0 Å². The maximum atomic E-state index is 12.6. The van der Waals surface area contributed by atoms with Gasteiger partial charge in [0, 0.05) is 6.20 Å². The van der Waals surface area contributed by atoms with Crippen LogP contribution in [-0.2, 0) is 16.6 Å². The van der Waals surface area contributed by atoms with Crippen molar-refractivity contribution in [2.75, 3.05) is 0 Å². The molecule has 0 saturated heterocycles. The molecule has 0 fully saturated rings. The maximum Gasteiger partial charge on any atom is 0.241 e. The lowest BCUT2D eigenvalue weighted by Crippen LogP contribution is -2.25. The monoisotopic (exact) mass is 329 g/mol. The molecule has 0 bridgehead atoms. The van der Waals surface area contributed by atoms with Crippen molar-refractivity contribution in [3.63, 3.8) is 0 Å². The van der Waals surface area contributed by atoms with Gasteiger partial charge in [0.15, 0.2) is 0 Å². The normalized spacial score (nSPS) is 12.0. The predicted octanol–water partition coefficient (Wildman–Crippen LogP) is 2.74. The Hall–Kier alpha value is -2.18. The number of nitrogens with zero attached hydrogens (tertiary/aromatic N) is 2. The van der Waals surface area contributed by atoms with Gasteiger partial charge in [-0.1, -0.05) is 23.8 Å². The second-order valence-corrected chi connectivity index (χ2v) is 7.46. The minimum atomic E-state index is -3.57. The molecule has 0 amide bonds. The number of nitrogens with one attached hydrogen (secondary N) is 1. The Balaban J connectivity index is 1.87. The molecule has 1 aromatic carbocycles.